The summed E-state index contributed by atoms with van der Waals surface area (Å²) >= 11 is 0. The Labute approximate surface area is 90.7 Å². The van der Waals surface area contributed by atoms with Crippen LogP contribution in [-0.4, -0.2) is 17.9 Å². The Morgan fingerprint density at radius 1 is 1.40 bits per heavy atom. The topological polar surface area (TPSA) is 52.3 Å². The van der Waals surface area contributed by atoms with Crippen molar-refractivity contribution in [3.05, 3.63) is 11.8 Å². The molecule has 0 radical (unpaired) electrons. The molecular formula is C12H19NO2. The van der Waals surface area contributed by atoms with Crippen LogP contribution in [0.3, 0.4) is 0 Å². The Kier molecular flexibility index (Phi) is 3.10. The normalized spacial score (nSPS) is 24.5. The van der Waals surface area contributed by atoms with Crippen LogP contribution in [0.25, 0.3) is 0 Å². The summed E-state index contributed by atoms with van der Waals surface area (Å²) in [6, 6.07) is 0. The second-order valence-electron chi connectivity index (χ2n) is 4.73. The number of hydrogen-bond donors (Lipinski definition) is 1. The number of carbonyl (C=O) groups excluding carboxylic acids is 1. The van der Waals surface area contributed by atoms with E-state index in [9.17, 15) is 4.79 Å². The van der Waals surface area contributed by atoms with Gasteiger partial charge in [0.1, 0.15) is 0 Å². The van der Waals surface area contributed by atoms with Crippen molar-refractivity contribution in [2.24, 2.45) is 5.73 Å². The molecule has 1 aliphatic heterocycles. The minimum Gasteiger partial charge on any atom is -0.490 e. The van der Waals surface area contributed by atoms with Gasteiger partial charge in [-0.05, 0) is 31.8 Å². The average Bonchev–Trinajstić information content (AvgIpc) is 2.66. The summed E-state index contributed by atoms with van der Waals surface area (Å²) in [5.74, 6) is 0.650. The van der Waals surface area contributed by atoms with E-state index in [-0.39, 0.29) is 11.3 Å². The molecule has 2 aliphatic rings. The van der Waals surface area contributed by atoms with Gasteiger partial charge in [0, 0.05) is 12.0 Å². The number of allylic oxidation sites excluding steroid dienone is 2. The van der Waals surface area contributed by atoms with Gasteiger partial charge in [-0.3, -0.25) is 4.79 Å². The smallest absolute Gasteiger partial charge is 0.198 e. The quantitative estimate of drug-likeness (QED) is 0.772. The maximum atomic E-state index is 11.9. The van der Waals surface area contributed by atoms with Gasteiger partial charge in [0.05, 0.1) is 6.61 Å². The van der Waals surface area contributed by atoms with Gasteiger partial charge >= 0.3 is 0 Å². The Hall–Kier alpha value is -0.830. The first-order valence-corrected chi connectivity index (χ1v) is 5.85. The fourth-order valence-electron chi connectivity index (χ4n) is 2.41. The Bertz CT molecular complexity index is 277. The van der Waals surface area contributed by atoms with Crippen LogP contribution in [0.4, 0.5) is 0 Å². The first-order chi connectivity index (χ1) is 7.20. The maximum absolute atomic E-state index is 11.9. The molecule has 1 heterocycles. The molecule has 0 aromatic heterocycles. The highest BCUT2D eigenvalue weighted by atomic mass is 16.5. The molecule has 2 N–H and O–H groups in total. The number of hydrogen-bond acceptors (Lipinski definition) is 3. The van der Waals surface area contributed by atoms with Crippen molar-refractivity contribution in [3.63, 3.8) is 0 Å². The lowest BCUT2D eigenvalue weighted by molar-refractivity contribution is -0.120. The number of Topliss-reactive ketones (excluding diaryl/α,β-unsaturated/α-hetero) is 1. The second kappa shape index (κ2) is 4.35. The van der Waals surface area contributed by atoms with Gasteiger partial charge in [-0.2, -0.15) is 0 Å². The third-order valence-corrected chi connectivity index (χ3v) is 3.32. The van der Waals surface area contributed by atoms with Crippen LogP contribution in [0.1, 0.15) is 44.9 Å². The minimum atomic E-state index is -0.251. The standard InChI is InChI=1S/C12H19NO2/c13-12(6-2-3-7-12)9-10(14)11-5-1-4-8-15-11/h5H,1-4,6-9,13H2. The van der Waals surface area contributed by atoms with Crippen molar-refractivity contribution in [1.29, 1.82) is 0 Å². The summed E-state index contributed by atoms with van der Waals surface area (Å²) in [5, 5.41) is 0. The van der Waals surface area contributed by atoms with Gasteiger partial charge in [-0.15, -0.1) is 0 Å². The Morgan fingerprint density at radius 3 is 2.73 bits per heavy atom. The highest BCUT2D eigenvalue weighted by Gasteiger charge is 2.33. The summed E-state index contributed by atoms with van der Waals surface area (Å²) in [6.45, 7) is 0.676. The molecule has 0 atom stereocenters. The van der Waals surface area contributed by atoms with E-state index in [4.69, 9.17) is 10.5 Å². The fourth-order valence-corrected chi connectivity index (χ4v) is 2.41. The van der Waals surface area contributed by atoms with E-state index >= 15 is 0 Å². The van der Waals surface area contributed by atoms with Gasteiger partial charge in [0.2, 0.25) is 0 Å². The lowest BCUT2D eigenvalue weighted by Crippen LogP contribution is -2.39. The van der Waals surface area contributed by atoms with Gasteiger partial charge in [-0.25, -0.2) is 0 Å². The first-order valence-electron chi connectivity index (χ1n) is 5.85. The molecule has 1 fully saturated rings. The molecule has 3 heteroatoms. The zero-order valence-corrected chi connectivity index (χ0v) is 9.13. The Morgan fingerprint density at radius 2 is 2.13 bits per heavy atom. The third kappa shape index (κ3) is 2.59. The molecule has 0 aromatic rings. The molecule has 3 nitrogen and oxygen atoms in total. The van der Waals surface area contributed by atoms with E-state index in [0.717, 1.165) is 38.5 Å². The molecular weight excluding hydrogens is 190 g/mol. The molecule has 2 rings (SSSR count). The second-order valence-corrected chi connectivity index (χ2v) is 4.73. The van der Waals surface area contributed by atoms with Crippen molar-refractivity contribution in [2.45, 2.75) is 50.5 Å². The summed E-state index contributed by atoms with van der Waals surface area (Å²) in [6.07, 6.45) is 8.61. The Balaban J connectivity index is 1.93. The van der Waals surface area contributed by atoms with Crippen LogP contribution in [0, 0.1) is 0 Å². The van der Waals surface area contributed by atoms with Crippen LogP contribution in [0.5, 0.6) is 0 Å². The summed E-state index contributed by atoms with van der Waals surface area (Å²) in [7, 11) is 0. The number of nitrogens with two attached hydrogens (primary N) is 1. The van der Waals surface area contributed by atoms with E-state index in [1.165, 1.54) is 0 Å². The van der Waals surface area contributed by atoms with Crippen molar-refractivity contribution in [3.8, 4) is 0 Å². The molecule has 1 saturated carbocycles. The van der Waals surface area contributed by atoms with E-state index in [1.54, 1.807) is 0 Å². The predicted molar refractivity (Wildman–Crippen MR) is 58.3 cm³/mol. The molecule has 0 aromatic carbocycles. The molecule has 0 bridgehead atoms. The van der Waals surface area contributed by atoms with E-state index in [2.05, 4.69) is 0 Å². The van der Waals surface area contributed by atoms with E-state index < -0.39 is 0 Å². The van der Waals surface area contributed by atoms with Crippen LogP contribution >= 0.6 is 0 Å². The summed E-state index contributed by atoms with van der Waals surface area (Å²) < 4.78 is 5.35. The number of carbonyl (C=O) groups is 1. The SMILES string of the molecule is NC1(CC(=O)C2=CCCCO2)CCCC1. The molecule has 1 aliphatic carbocycles. The fraction of sp³-hybridized carbons (Fsp3) is 0.750. The lowest BCUT2D eigenvalue weighted by Gasteiger charge is -2.23. The number of ketones is 1. The van der Waals surface area contributed by atoms with E-state index in [0.29, 0.717) is 18.8 Å². The third-order valence-electron chi connectivity index (χ3n) is 3.32. The highest BCUT2D eigenvalue weighted by Crippen LogP contribution is 2.31. The van der Waals surface area contributed by atoms with Gasteiger partial charge in [-0.1, -0.05) is 12.8 Å². The van der Waals surface area contributed by atoms with Crippen molar-refractivity contribution in [1.82, 2.24) is 0 Å². The first kappa shape index (κ1) is 10.7. The van der Waals surface area contributed by atoms with Crippen LogP contribution in [0.15, 0.2) is 11.8 Å². The zero-order valence-electron chi connectivity index (χ0n) is 9.13. The van der Waals surface area contributed by atoms with Gasteiger partial charge < -0.3 is 10.5 Å². The molecule has 0 unspecified atom stereocenters. The van der Waals surface area contributed by atoms with Gasteiger partial charge in [0.15, 0.2) is 11.5 Å². The van der Waals surface area contributed by atoms with Crippen LogP contribution in [0.2, 0.25) is 0 Å². The van der Waals surface area contributed by atoms with Crippen LogP contribution in [-0.2, 0) is 9.53 Å². The van der Waals surface area contributed by atoms with Crippen molar-refractivity contribution >= 4 is 5.78 Å². The molecule has 0 saturated heterocycles. The average molecular weight is 209 g/mol. The van der Waals surface area contributed by atoms with Gasteiger partial charge in [0.25, 0.3) is 0 Å². The van der Waals surface area contributed by atoms with E-state index in [1.807, 2.05) is 6.08 Å². The minimum absolute atomic E-state index is 0.0964. The number of rotatable bonds is 3. The molecule has 15 heavy (non-hydrogen) atoms. The predicted octanol–water partition coefficient (Wildman–Crippen LogP) is 1.91. The largest absolute Gasteiger partial charge is 0.490 e. The number of ether oxygens (including phenoxy) is 1. The van der Waals surface area contributed by atoms with Crippen LogP contribution < -0.4 is 5.73 Å². The van der Waals surface area contributed by atoms with Crippen molar-refractivity contribution in [2.75, 3.05) is 6.61 Å². The van der Waals surface area contributed by atoms with Crippen molar-refractivity contribution < 1.29 is 9.53 Å². The molecule has 84 valence electrons. The lowest BCUT2D eigenvalue weighted by atomic mass is 9.91. The maximum Gasteiger partial charge on any atom is 0.198 e. The summed E-state index contributed by atoms with van der Waals surface area (Å²) in [4.78, 5) is 11.9. The monoisotopic (exact) mass is 209 g/mol. The highest BCUT2D eigenvalue weighted by molar-refractivity contribution is 5.94. The summed E-state index contributed by atoms with van der Waals surface area (Å²) in [5.41, 5.74) is 5.91. The molecule has 0 spiro atoms. The zero-order chi connectivity index (χ0) is 10.7. The molecule has 0 amide bonds.